The second kappa shape index (κ2) is 11.8. The van der Waals surface area contributed by atoms with Crippen LogP contribution in [0, 0.1) is 11.6 Å². The molecule has 0 aromatic heterocycles. The van der Waals surface area contributed by atoms with Gasteiger partial charge in [-0.15, -0.1) is 0 Å². The average molecular weight is 498 g/mol. The Morgan fingerprint density at radius 3 is 2.26 bits per heavy atom. The lowest BCUT2D eigenvalue weighted by Crippen LogP contribution is -2.46. The summed E-state index contributed by atoms with van der Waals surface area (Å²) in [4.78, 5) is 26.7. The van der Waals surface area contributed by atoms with Gasteiger partial charge < -0.3 is 15.0 Å². The number of halogens is 2. The van der Waals surface area contributed by atoms with Crippen LogP contribution in [0.1, 0.15) is 25.3 Å². The van der Waals surface area contributed by atoms with Crippen LogP contribution in [0.5, 0.6) is 5.75 Å². The summed E-state index contributed by atoms with van der Waals surface area (Å²) in [5, 5.41) is 2.52. The first-order valence-corrected chi connectivity index (χ1v) is 12.4. The van der Waals surface area contributed by atoms with E-state index < -0.39 is 27.7 Å². The van der Waals surface area contributed by atoms with Gasteiger partial charge in [-0.25, -0.2) is 17.2 Å². The Kier molecular flexibility index (Phi) is 9.36. The van der Waals surface area contributed by atoms with Gasteiger partial charge in [0.25, 0.3) is 0 Å². The van der Waals surface area contributed by atoms with Crippen molar-refractivity contribution in [2.75, 3.05) is 31.3 Å². The standard InChI is InChI=1S/C23H29F2N3O5S/c1-16(23(30)26-2)27(15-17-7-10-19(33-3)11-8-17)22(29)6-5-13-28(34(4,31)32)18-9-12-20(24)21(25)14-18/h7-12,14,16H,5-6,13,15H2,1-4H3,(H,26,30)/t16-/m1/s1. The molecule has 8 nitrogen and oxygen atoms in total. The summed E-state index contributed by atoms with van der Waals surface area (Å²) >= 11 is 0. The molecule has 0 saturated heterocycles. The molecule has 0 radical (unpaired) electrons. The van der Waals surface area contributed by atoms with Crippen molar-refractivity contribution >= 4 is 27.5 Å². The minimum Gasteiger partial charge on any atom is -0.497 e. The van der Waals surface area contributed by atoms with Gasteiger partial charge in [0.05, 0.1) is 19.1 Å². The van der Waals surface area contributed by atoms with Crippen LogP contribution in [0.4, 0.5) is 14.5 Å². The van der Waals surface area contributed by atoms with Gasteiger partial charge in [0.2, 0.25) is 21.8 Å². The van der Waals surface area contributed by atoms with Crippen molar-refractivity contribution in [1.29, 1.82) is 0 Å². The molecule has 1 atom stereocenters. The van der Waals surface area contributed by atoms with Crippen LogP contribution in [0.15, 0.2) is 42.5 Å². The molecular formula is C23H29F2N3O5S. The monoisotopic (exact) mass is 497 g/mol. The maximum Gasteiger partial charge on any atom is 0.242 e. The molecule has 0 fully saturated rings. The van der Waals surface area contributed by atoms with Gasteiger partial charge >= 0.3 is 0 Å². The fourth-order valence-electron chi connectivity index (χ4n) is 3.36. The lowest BCUT2D eigenvalue weighted by molar-refractivity contribution is -0.140. The van der Waals surface area contributed by atoms with Crippen molar-refractivity contribution in [3.63, 3.8) is 0 Å². The van der Waals surface area contributed by atoms with E-state index in [-0.39, 0.29) is 43.4 Å². The number of hydrogen-bond acceptors (Lipinski definition) is 5. The second-order valence-electron chi connectivity index (χ2n) is 7.70. The number of rotatable bonds is 11. The number of nitrogens with zero attached hydrogens (tertiary/aromatic N) is 2. The van der Waals surface area contributed by atoms with Crippen molar-refractivity contribution < 1.29 is 31.5 Å². The van der Waals surface area contributed by atoms with Crippen LogP contribution in [0.2, 0.25) is 0 Å². The van der Waals surface area contributed by atoms with E-state index in [0.29, 0.717) is 5.75 Å². The van der Waals surface area contributed by atoms with Crippen molar-refractivity contribution in [1.82, 2.24) is 10.2 Å². The third-order valence-electron chi connectivity index (χ3n) is 5.27. The van der Waals surface area contributed by atoms with Crippen LogP contribution in [-0.4, -0.2) is 58.1 Å². The third-order valence-corrected chi connectivity index (χ3v) is 6.46. The second-order valence-corrected chi connectivity index (χ2v) is 9.60. The number of anilines is 1. The highest BCUT2D eigenvalue weighted by Gasteiger charge is 2.26. The molecule has 2 amide bonds. The number of benzene rings is 2. The summed E-state index contributed by atoms with van der Waals surface area (Å²) in [5.74, 6) is -2.32. The van der Waals surface area contributed by atoms with E-state index in [1.807, 2.05) is 0 Å². The van der Waals surface area contributed by atoms with Gasteiger partial charge in [0, 0.05) is 32.6 Å². The molecule has 2 rings (SSSR count). The lowest BCUT2D eigenvalue weighted by atomic mass is 10.1. The Labute approximate surface area is 198 Å². The van der Waals surface area contributed by atoms with E-state index in [9.17, 15) is 26.8 Å². The fourth-order valence-corrected chi connectivity index (χ4v) is 4.32. The summed E-state index contributed by atoms with van der Waals surface area (Å²) < 4.78 is 57.4. The molecule has 0 heterocycles. The number of sulfonamides is 1. The summed E-state index contributed by atoms with van der Waals surface area (Å²) in [6.07, 6.45) is 0.984. The van der Waals surface area contributed by atoms with Gasteiger partial charge in [-0.2, -0.15) is 0 Å². The average Bonchev–Trinajstić information content (AvgIpc) is 2.80. The topological polar surface area (TPSA) is 96.0 Å². The smallest absolute Gasteiger partial charge is 0.242 e. The molecular weight excluding hydrogens is 468 g/mol. The Hall–Kier alpha value is -3.21. The summed E-state index contributed by atoms with van der Waals surface area (Å²) in [5.41, 5.74) is 0.743. The highest BCUT2D eigenvalue weighted by molar-refractivity contribution is 7.92. The van der Waals surface area contributed by atoms with E-state index in [0.717, 1.165) is 34.3 Å². The molecule has 11 heteroatoms. The Bertz CT molecular complexity index is 1110. The fraction of sp³-hybridized carbons (Fsp3) is 0.391. The van der Waals surface area contributed by atoms with Gasteiger partial charge in [-0.3, -0.25) is 13.9 Å². The number of likely N-dealkylation sites (N-methyl/N-ethyl adjacent to an activating group) is 1. The van der Waals surface area contributed by atoms with E-state index in [2.05, 4.69) is 5.32 Å². The van der Waals surface area contributed by atoms with Crippen LogP contribution in [0.3, 0.4) is 0 Å². The molecule has 1 N–H and O–H groups in total. The summed E-state index contributed by atoms with van der Waals surface area (Å²) in [6, 6.07) is 9.08. The van der Waals surface area contributed by atoms with Gasteiger partial charge in [-0.05, 0) is 43.2 Å². The molecule has 0 bridgehead atoms. The molecule has 0 unspecified atom stereocenters. The molecule has 0 spiro atoms. The van der Waals surface area contributed by atoms with Crippen molar-refractivity contribution in [2.45, 2.75) is 32.4 Å². The number of nitrogens with one attached hydrogen (secondary N) is 1. The first-order chi connectivity index (χ1) is 16.0. The highest BCUT2D eigenvalue weighted by Crippen LogP contribution is 2.22. The molecule has 2 aromatic carbocycles. The van der Waals surface area contributed by atoms with E-state index in [4.69, 9.17) is 4.74 Å². The maximum atomic E-state index is 13.6. The lowest BCUT2D eigenvalue weighted by Gasteiger charge is -2.29. The van der Waals surface area contributed by atoms with Crippen molar-refractivity contribution in [3.8, 4) is 5.75 Å². The number of amides is 2. The minimum absolute atomic E-state index is 0.0392. The van der Waals surface area contributed by atoms with Gasteiger partial charge in [0.15, 0.2) is 11.6 Å². The van der Waals surface area contributed by atoms with E-state index in [1.54, 1.807) is 38.3 Å². The first kappa shape index (κ1) is 27.0. The summed E-state index contributed by atoms with van der Waals surface area (Å²) in [6.45, 7) is 1.64. The zero-order valence-corrected chi connectivity index (χ0v) is 20.4. The predicted molar refractivity (Wildman–Crippen MR) is 125 cm³/mol. The van der Waals surface area contributed by atoms with Crippen LogP contribution in [-0.2, 0) is 26.2 Å². The quantitative estimate of drug-likeness (QED) is 0.515. The zero-order valence-electron chi connectivity index (χ0n) is 19.5. The Balaban J connectivity index is 2.15. The van der Waals surface area contributed by atoms with E-state index in [1.165, 1.54) is 11.9 Å². The molecule has 186 valence electrons. The maximum absolute atomic E-state index is 13.6. The largest absolute Gasteiger partial charge is 0.497 e. The Morgan fingerprint density at radius 1 is 1.09 bits per heavy atom. The Morgan fingerprint density at radius 2 is 1.74 bits per heavy atom. The van der Waals surface area contributed by atoms with Crippen molar-refractivity contribution in [3.05, 3.63) is 59.7 Å². The number of carbonyl (C=O) groups excluding carboxylic acids is 2. The number of carbonyl (C=O) groups is 2. The van der Waals surface area contributed by atoms with E-state index >= 15 is 0 Å². The third kappa shape index (κ3) is 7.14. The van der Waals surface area contributed by atoms with Crippen LogP contribution in [0.25, 0.3) is 0 Å². The first-order valence-electron chi connectivity index (χ1n) is 10.5. The van der Waals surface area contributed by atoms with Crippen molar-refractivity contribution in [2.24, 2.45) is 0 Å². The van der Waals surface area contributed by atoms with Crippen LogP contribution >= 0.6 is 0 Å². The molecule has 0 aliphatic carbocycles. The molecule has 34 heavy (non-hydrogen) atoms. The normalized spacial score (nSPS) is 12.1. The predicted octanol–water partition coefficient (Wildman–Crippen LogP) is 2.68. The molecule has 0 saturated carbocycles. The summed E-state index contributed by atoms with van der Waals surface area (Å²) in [7, 11) is -0.798. The number of hydrogen-bond donors (Lipinski definition) is 1. The zero-order chi connectivity index (χ0) is 25.5. The molecule has 0 aliphatic rings. The van der Waals surface area contributed by atoms with Gasteiger partial charge in [-0.1, -0.05) is 12.1 Å². The highest BCUT2D eigenvalue weighted by atomic mass is 32.2. The molecule has 2 aromatic rings. The number of ether oxygens (including phenoxy) is 1. The van der Waals surface area contributed by atoms with Gasteiger partial charge in [0.1, 0.15) is 11.8 Å². The molecule has 0 aliphatic heterocycles. The minimum atomic E-state index is -3.81. The SMILES string of the molecule is CNC(=O)[C@@H](C)N(Cc1ccc(OC)cc1)C(=O)CCCN(c1ccc(F)c(F)c1)S(C)(=O)=O. The van der Waals surface area contributed by atoms with Crippen LogP contribution < -0.4 is 14.4 Å². The number of methoxy groups -OCH3 is 1.